The van der Waals surface area contributed by atoms with Crippen LogP contribution in [0.1, 0.15) is 41.5 Å². The van der Waals surface area contributed by atoms with Crippen LogP contribution in [0.3, 0.4) is 0 Å². The number of carboxylic acids is 1. The number of thiophene rings is 1. The molecule has 0 bridgehead atoms. The molecule has 0 aliphatic heterocycles. The SMILES string of the molecule is CCCc1nc2scc(C(=O)O)c2c(=O)n1CC(=O)Nc1nnc(CC)s1. The molecule has 1 amide bonds. The van der Waals surface area contributed by atoms with Crippen molar-refractivity contribution >= 4 is 49.9 Å². The molecule has 0 unspecified atom stereocenters. The summed E-state index contributed by atoms with van der Waals surface area (Å²) >= 11 is 2.38. The number of carbonyl (C=O) groups excluding carboxylic acids is 1. The Morgan fingerprint density at radius 2 is 2.07 bits per heavy atom. The number of amides is 1. The highest BCUT2D eigenvalue weighted by Crippen LogP contribution is 2.22. The molecule has 0 atom stereocenters. The Labute approximate surface area is 161 Å². The molecule has 3 aromatic heterocycles. The van der Waals surface area contributed by atoms with Gasteiger partial charge in [0.1, 0.15) is 22.2 Å². The molecule has 9 nitrogen and oxygen atoms in total. The lowest BCUT2D eigenvalue weighted by Crippen LogP contribution is -2.31. The first-order valence-electron chi connectivity index (χ1n) is 8.31. The van der Waals surface area contributed by atoms with Crippen LogP contribution in [0.4, 0.5) is 5.13 Å². The molecule has 0 saturated carbocycles. The van der Waals surface area contributed by atoms with Gasteiger partial charge in [-0.25, -0.2) is 9.78 Å². The number of fused-ring (bicyclic) bond motifs is 1. The van der Waals surface area contributed by atoms with Crippen LogP contribution in [0.25, 0.3) is 10.2 Å². The fraction of sp³-hybridized carbons (Fsp3) is 0.375. The van der Waals surface area contributed by atoms with Crippen LogP contribution < -0.4 is 10.9 Å². The van der Waals surface area contributed by atoms with E-state index in [2.05, 4.69) is 20.5 Å². The van der Waals surface area contributed by atoms with Gasteiger partial charge in [0.15, 0.2) is 0 Å². The van der Waals surface area contributed by atoms with Crippen LogP contribution in [-0.2, 0) is 24.2 Å². The van der Waals surface area contributed by atoms with Gasteiger partial charge < -0.3 is 5.11 Å². The molecule has 0 radical (unpaired) electrons. The Hall–Kier alpha value is -2.66. The van der Waals surface area contributed by atoms with Crippen molar-refractivity contribution in [2.24, 2.45) is 0 Å². The zero-order valence-corrected chi connectivity index (χ0v) is 16.3. The van der Waals surface area contributed by atoms with E-state index in [1.807, 2.05) is 13.8 Å². The molecule has 142 valence electrons. The van der Waals surface area contributed by atoms with Crippen molar-refractivity contribution in [2.45, 2.75) is 39.7 Å². The molecule has 0 aromatic carbocycles. The third-order valence-electron chi connectivity index (χ3n) is 3.79. The lowest BCUT2D eigenvalue weighted by atomic mass is 10.2. The molecule has 0 aliphatic carbocycles. The number of nitrogens with one attached hydrogen (secondary N) is 1. The van der Waals surface area contributed by atoms with Crippen LogP contribution in [0.2, 0.25) is 0 Å². The van der Waals surface area contributed by atoms with Gasteiger partial charge in [0.05, 0.1) is 10.9 Å². The Balaban J connectivity index is 1.97. The fourth-order valence-electron chi connectivity index (χ4n) is 2.55. The summed E-state index contributed by atoms with van der Waals surface area (Å²) in [6.45, 7) is 3.60. The van der Waals surface area contributed by atoms with Crippen LogP contribution in [0.15, 0.2) is 10.2 Å². The lowest BCUT2D eigenvalue weighted by Gasteiger charge is -2.11. The van der Waals surface area contributed by atoms with Crippen molar-refractivity contribution in [1.29, 1.82) is 0 Å². The standard InChI is InChI=1S/C16H17N5O4S2/c1-3-5-9-17-13-12(8(7-26-13)15(24)25)14(23)21(9)6-10(22)18-16-20-19-11(4-2)27-16/h7H,3-6H2,1-2H3,(H,24,25)(H,18,20,22). The number of carboxylic acid groups (broad SMARTS) is 1. The molecule has 0 fully saturated rings. The first-order chi connectivity index (χ1) is 12.9. The number of anilines is 1. The maximum absolute atomic E-state index is 12.9. The zero-order valence-electron chi connectivity index (χ0n) is 14.7. The number of aromatic carboxylic acids is 1. The van der Waals surface area contributed by atoms with Crippen molar-refractivity contribution in [3.05, 3.63) is 32.1 Å². The van der Waals surface area contributed by atoms with Gasteiger partial charge in [-0.2, -0.15) is 0 Å². The highest BCUT2D eigenvalue weighted by molar-refractivity contribution is 7.17. The number of hydrogen-bond donors (Lipinski definition) is 2. The topological polar surface area (TPSA) is 127 Å². The quantitative estimate of drug-likeness (QED) is 0.614. The van der Waals surface area contributed by atoms with Gasteiger partial charge in [0.25, 0.3) is 5.56 Å². The molecule has 0 saturated heterocycles. The smallest absolute Gasteiger partial charge is 0.337 e. The van der Waals surface area contributed by atoms with E-state index in [9.17, 15) is 19.5 Å². The number of aromatic nitrogens is 4. The maximum atomic E-state index is 12.9. The monoisotopic (exact) mass is 407 g/mol. The molecule has 0 spiro atoms. The summed E-state index contributed by atoms with van der Waals surface area (Å²) in [4.78, 5) is 41.5. The second-order valence-electron chi connectivity index (χ2n) is 5.71. The van der Waals surface area contributed by atoms with Gasteiger partial charge in [-0.05, 0) is 12.8 Å². The van der Waals surface area contributed by atoms with Gasteiger partial charge in [0, 0.05) is 11.8 Å². The van der Waals surface area contributed by atoms with Crippen molar-refractivity contribution in [1.82, 2.24) is 19.7 Å². The summed E-state index contributed by atoms with van der Waals surface area (Å²) in [5, 5.41) is 22.3. The second kappa shape index (κ2) is 7.92. The molecule has 2 N–H and O–H groups in total. The second-order valence-corrected chi connectivity index (χ2v) is 7.63. The number of aryl methyl sites for hydroxylation is 2. The molecule has 27 heavy (non-hydrogen) atoms. The molecule has 3 rings (SSSR count). The van der Waals surface area contributed by atoms with E-state index in [1.165, 1.54) is 21.3 Å². The van der Waals surface area contributed by atoms with Crippen LogP contribution in [0.5, 0.6) is 0 Å². The van der Waals surface area contributed by atoms with Crippen molar-refractivity contribution < 1.29 is 14.7 Å². The van der Waals surface area contributed by atoms with E-state index in [-0.39, 0.29) is 17.5 Å². The summed E-state index contributed by atoms with van der Waals surface area (Å²) < 4.78 is 1.24. The summed E-state index contributed by atoms with van der Waals surface area (Å²) in [6.07, 6.45) is 1.94. The van der Waals surface area contributed by atoms with Crippen molar-refractivity contribution in [3.63, 3.8) is 0 Å². The molecular formula is C16H17N5O4S2. The van der Waals surface area contributed by atoms with Gasteiger partial charge in [-0.15, -0.1) is 21.5 Å². The van der Waals surface area contributed by atoms with Crippen LogP contribution in [-0.4, -0.2) is 36.7 Å². The highest BCUT2D eigenvalue weighted by atomic mass is 32.1. The fourth-order valence-corrected chi connectivity index (χ4v) is 4.17. The van der Waals surface area contributed by atoms with E-state index < -0.39 is 17.4 Å². The molecular weight excluding hydrogens is 390 g/mol. The van der Waals surface area contributed by atoms with Gasteiger partial charge in [0.2, 0.25) is 11.0 Å². The zero-order chi connectivity index (χ0) is 19.6. The van der Waals surface area contributed by atoms with E-state index in [4.69, 9.17) is 0 Å². The van der Waals surface area contributed by atoms with E-state index >= 15 is 0 Å². The van der Waals surface area contributed by atoms with Crippen molar-refractivity contribution in [2.75, 3.05) is 5.32 Å². The predicted molar refractivity (Wildman–Crippen MR) is 103 cm³/mol. The largest absolute Gasteiger partial charge is 0.478 e. The Morgan fingerprint density at radius 1 is 1.30 bits per heavy atom. The molecule has 11 heteroatoms. The summed E-state index contributed by atoms with van der Waals surface area (Å²) in [7, 11) is 0. The van der Waals surface area contributed by atoms with E-state index in [1.54, 1.807) is 0 Å². The minimum Gasteiger partial charge on any atom is -0.478 e. The predicted octanol–water partition coefficient (Wildman–Crippen LogP) is 2.16. The molecule has 0 aliphatic rings. The minimum absolute atomic E-state index is 0.0318. The average Bonchev–Trinajstić information content (AvgIpc) is 3.25. The average molecular weight is 407 g/mol. The lowest BCUT2D eigenvalue weighted by molar-refractivity contribution is -0.116. The number of carbonyl (C=O) groups is 2. The normalized spacial score (nSPS) is 11.0. The minimum atomic E-state index is -1.19. The molecule has 3 aromatic rings. The third kappa shape index (κ3) is 3.88. The molecule has 3 heterocycles. The summed E-state index contributed by atoms with van der Waals surface area (Å²) in [5.41, 5.74) is -0.620. The highest BCUT2D eigenvalue weighted by Gasteiger charge is 2.20. The first-order valence-corrected chi connectivity index (χ1v) is 10.0. The van der Waals surface area contributed by atoms with Gasteiger partial charge >= 0.3 is 5.97 Å². The van der Waals surface area contributed by atoms with Crippen LogP contribution >= 0.6 is 22.7 Å². The Morgan fingerprint density at radius 3 is 2.70 bits per heavy atom. The van der Waals surface area contributed by atoms with E-state index in [0.717, 1.165) is 22.8 Å². The Bertz CT molecular complexity index is 1070. The number of nitrogens with zero attached hydrogens (tertiary/aromatic N) is 4. The van der Waals surface area contributed by atoms with Crippen molar-refractivity contribution in [3.8, 4) is 0 Å². The maximum Gasteiger partial charge on any atom is 0.337 e. The summed E-state index contributed by atoms with van der Waals surface area (Å²) in [6, 6.07) is 0. The Kier molecular flexibility index (Phi) is 5.61. The van der Waals surface area contributed by atoms with Crippen LogP contribution in [0, 0.1) is 0 Å². The third-order valence-corrected chi connectivity index (χ3v) is 5.65. The van der Waals surface area contributed by atoms with Gasteiger partial charge in [-0.1, -0.05) is 25.2 Å². The van der Waals surface area contributed by atoms with Gasteiger partial charge in [-0.3, -0.25) is 19.5 Å². The number of rotatable bonds is 7. The summed E-state index contributed by atoms with van der Waals surface area (Å²) in [5.74, 6) is -1.18. The van der Waals surface area contributed by atoms with E-state index in [0.29, 0.717) is 28.6 Å². The first kappa shape index (κ1) is 19.1. The number of hydrogen-bond acceptors (Lipinski definition) is 8.